The Bertz CT molecular complexity index is 574. The van der Waals surface area contributed by atoms with Crippen LogP contribution in [0.1, 0.15) is 30.4 Å². The van der Waals surface area contributed by atoms with Gasteiger partial charge in [0, 0.05) is 23.9 Å². The van der Waals surface area contributed by atoms with Gasteiger partial charge in [0.15, 0.2) is 0 Å². The second kappa shape index (κ2) is 3.25. The number of hydrogen-bond donors (Lipinski definition) is 1. The molecule has 0 aromatic heterocycles. The van der Waals surface area contributed by atoms with E-state index in [-0.39, 0.29) is 5.41 Å². The lowest BCUT2D eigenvalue weighted by Crippen LogP contribution is -2.39. The number of fused-ring (bicyclic) bond motifs is 5. The van der Waals surface area contributed by atoms with Crippen LogP contribution in [0.15, 0.2) is 30.4 Å². The van der Waals surface area contributed by atoms with E-state index in [0.717, 1.165) is 24.1 Å². The molecule has 0 radical (unpaired) electrons. The number of carbonyl (C=O) groups excluding carboxylic acids is 1. The van der Waals surface area contributed by atoms with Crippen LogP contribution in [0.4, 0.5) is 5.69 Å². The maximum atomic E-state index is 12.1. The van der Waals surface area contributed by atoms with Crippen LogP contribution in [-0.4, -0.2) is 5.78 Å². The van der Waals surface area contributed by atoms with Gasteiger partial charge in [-0.25, -0.2) is 0 Å². The van der Waals surface area contributed by atoms with Gasteiger partial charge in [-0.2, -0.15) is 0 Å². The van der Waals surface area contributed by atoms with E-state index in [1.807, 2.05) is 12.1 Å². The molecule has 0 saturated heterocycles. The monoisotopic (exact) mass is 239 g/mol. The molecule has 0 heterocycles. The van der Waals surface area contributed by atoms with Crippen LogP contribution in [0.2, 0.25) is 0 Å². The molecular formula is C16H17NO. The second-order valence-electron chi connectivity index (χ2n) is 6.11. The summed E-state index contributed by atoms with van der Waals surface area (Å²) < 4.78 is 0. The molecule has 1 fully saturated rings. The van der Waals surface area contributed by atoms with E-state index in [4.69, 9.17) is 5.73 Å². The van der Waals surface area contributed by atoms with Crippen LogP contribution in [0.5, 0.6) is 0 Å². The van der Waals surface area contributed by atoms with Crippen LogP contribution >= 0.6 is 0 Å². The van der Waals surface area contributed by atoms with Gasteiger partial charge in [0.1, 0.15) is 5.78 Å². The van der Waals surface area contributed by atoms with Crippen LogP contribution in [-0.2, 0) is 16.6 Å². The predicted octanol–water partition coefficient (Wildman–Crippen LogP) is 2.62. The van der Waals surface area contributed by atoms with Gasteiger partial charge in [0.05, 0.1) is 0 Å². The van der Waals surface area contributed by atoms with E-state index >= 15 is 0 Å². The molecule has 1 saturated carbocycles. The lowest BCUT2D eigenvalue weighted by atomic mass is 9.62. The average molecular weight is 239 g/mol. The summed E-state index contributed by atoms with van der Waals surface area (Å²) in [7, 11) is 0. The summed E-state index contributed by atoms with van der Waals surface area (Å²) in [5.41, 5.74) is 9.42. The molecule has 0 aliphatic heterocycles. The number of carbonyl (C=O) groups is 1. The first-order valence-corrected chi connectivity index (χ1v) is 6.77. The minimum absolute atomic E-state index is 0.0689. The van der Waals surface area contributed by atoms with Crippen molar-refractivity contribution in [2.45, 2.75) is 31.1 Å². The van der Waals surface area contributed by atoms with Gasteiger partial charge in [0.25, 0.3) is 0 Å². The highest BCUT2D eigenvalue weighted by molar-refractivity contribution is 5.87. The maximum Gasteiger partial charge on any atom is 0.138 e. The zero-order valence-electron chi connectivity index (χ0n) is 10.4. The molecule has 4 rings (SSSR count). The third-order valence-corrected chi connectivity index (χ3v) is 5.14. The van der Waals surface area contributed by atoms with Crippen LogP contribution in [0.3, 0.4) is 0 Å². The van der Waals surface area contributed by atoms with E-state index < -0.39 is 0 Å². The highest BCUT2D eigenvalue weighted by Crippen LogP contribution is 2.57. The molecule has 1 aromatic carbocycles. The van der Waals surface area contributed by atoms with Crippen molar-refractivity contribution in [1.82, 2.24) is 0 Å². The summed E-state index contributed by atoms with van der Waals surface area (Å²) in [5.74, 6) is 1.59. The molecule has 2 bridgehead atoms. The van der Waals surface area contributed by atoms with Crippen LogP contribution in [0, 0.1) is 11.8 Å². The number of anilines is 1. The molecule has 2 N–H and O–H groups in total. The van der Waals surface area contributed by atoms with Crippen molar-refractivity contribution in [1.29, 1.82) is 0 Å². The summed E-state index contributed by atoms with van der Waals surface area (Å²) in [5, 5.41) is 0. The van der Waals surface area contributed by atoms with Gasteiger partial charge in [0.2, 0.25) is 0 Å². The Morgan fingerprint density at radius 1 is 1.28 bits per heavy atom. The Labute approximate surface area is 107 Å². The van der Waals surface area contributed by atoms with E-state index in [0.29, 0.717) is 24.0 Å². The molecule has 92 valence electrons. The highest BCUT2D eigenvalue weighted by Gasteiger charge is 2.52. The minimum atomic E-state index is 0.0689. The predicted molar refractivity (Wildman–Crippen MR) is 71.2 cm³/mol. The topological polar surface area (TPSA) is 43.1 Å². The Balaban J connectivity index is 1.95. The molecule has 3 unspecified atom stereocenters. The largest absolute Gasteiger partial charge is 0.398 e. The smallest absolute Gasteiger partial charge is 0.138 e. The first-order chi connectivity index (χ1) is 8.69. The van der Waals surface area contributed by atoms with Crippen molar-refractivity contribution >= 4 is 11.5 Å². The molecule has 2 nitrogen and oxygen atoms in total. The SMILES string of the molecule is Nc1cccc2c1CC(=O)CC21CC2C=CC1C2. The number of ketones is 1. The van der Waals surface area contributed by atoms with Gasteiger partial charge in [-0.05, 0) is 41.9 Å². The fraction of sp³-hybridized carbons (Fsp3) is 0.438. The first kappa shape index (κ1) is 10.4. The highest BCUT2D eigenvalue weighted by atomic mass is 16.1. The van der Waals surface area contributed by atoms with Crippen molar-refractivity contribution in [3.63, 3.8) is 0 Å². The maximum absolute atomic E-state index is 12.1. The molecule has 18 heavy (non-hydrogen) atoms. The van der Waals surface area contributed by atoms with Gasteiger partial charge in [-0.15, -0.1) is 0 Å². The quantitative estimate of drug-likeness (QED) is 0.558. The number of hydrogen-bond acceptors (Lipinski definition) is 2. The molecule has 3 aliphatic carbocycles. The lowest BCUT2D eigenvalue weighted by Gasteiger charge is -2.40. The van der Waals surface area contributed by atoms with Crippen LogP contribution in [0.25, 0.3) is 0 Å². The number of Topliss-reactive ketones (excluding diaryl/α,β-unsaturated/α-hetero) is 1. The molecule has 3 atom stereocenters. The second-order valence-corrected chi connectivity index (χ2v) is 6.11. The van der Waals surface area contributed by atoms with Gasteiger partial charge >= 0.3 is 0 Å². The van der Waals surface area contributed by atoms with Crippen molar-refractivity contribution in [3.05, 3.63) is 41.5 Å². The van der Waals surface area contributed by atoms with E-state index in [2.05, 4.69) is 18.2 Å². The van der Waals surface area contributed by atoms with Crippen LogP contribution < -0.4 is 5.73 Å². The van der Waals surface area contributed by atoms with Gasteiger partial charge < -0.3 is 5.73 Å². The number of benzene rings is 1. The molecular weight excluding hydrogens is 222 g/mol. The zero-order chi connectivity index (χ0) is 12.3. The van der Waals surface area contributed by atoms with E-state index in [1.54, 1.807) is 0 Å². The molecule has 0 amide bonds. The van der Waals surface area contributed by atoms with E-state index in [1.165, 1.54) is 12.0 Å². The normalized spacial score (nSPS) is 36.3. The Morgan fingerprint density at radius 2 is 2.17 bits per heavy atom. The summed E-state index contributed by atoms with van der Waals surface area (Å²) in [4.78, 5) is 12.1. The standard InChI is InChI=1S/C16H17NO/c17-15-3-1-2-14-13(15)7-12(18)9-16(14)8-10-4-5-11(16)6-10/h1-5,10-11H,6-9,17H2. The third-order valence-electron chi connectivity index (χ3n) is 5.14. The van der Waals surface area contributed by atoms with Crippen molar-refractivity contribution in [3.8, 4) is 0 Å². The fourth-order valence-electron chi connectivity index (χ4n) is 4.44. The van der Waals surface area contributed by atoms with Crippen molar-refractivity contribution in [2.75, 3.05) is 5.73 Å². The summed E-state index contributed by atoms with van der Waals surface area (Å²) in [6.45, 7) is 0. The third kappa shape index (κ3) is 1.16. The Hall–Kier alpha value is -1.57. The van der Waals surface area contributed by atoms with Crippen molar-refractivity contribution < 1.29 is 4.79 Å². The summed E-state index contributed by atoms with van der Waals surface area (Å²) >= 11 is 0. The fourth-order valence-corrected chi connectivity index (χ4v) is 4.44. The van der Waals surface area contributed by atoms with Crippen molar-refractivity contribution in [2.24, 2.45) is 11.8 Å². The molecule has 1 aromatic rings. The Morgan fingerprint density at radius 3 is 2.89 bits per heavy atom. The Kier molecular flexibility index (Phi) is 1.87. The molecule has 3 aliphatic rings. The number of nitrogen functional groups attached to an aromatic ring is 1. The summed E-state index contributed by atoms with van der Waals surface area (Å²) in [6, 6.07) is 6.17. The first-order valence-electron chi connectivity index (χ1n) is 6.77. The van der Waals surface area contributed by atoms with Gasteiger partial charge in [-0.3, -0.25) is 4.79 Å². The number of allylic oxidation sites excluding steroid dienone is 2. The van der Waals surface area contributed by atoms with E-state index in [9.17, 15) is 4.79 Å². The van der Waals surface area contributed by atoms with Gasteiger partial charge in [-0.1, -0.05) is 24.3 Å². The zero-order valence-corrected chi connectivity index (χ0v) is 10.4. The molecule has 2 heteroatoms. The number of nitrogens with two attached hydrogens (primary N) is 1. The number of rotatable bonds is 0. The lowest BCUT2D eigenvalue weighted by molar-refractivity contribution is -0.120. The average Bonchev–Trinajstić information content (AvgIpc) is 2.91. The minimum Gasteiger partial charge on any atom is -0.398 e. The molecule has 1 spiro atoms. The summed E-state index contributed by atoms with van der Waals surface area (Å²) in [6.07, 6.45) is 8.28.